The predicted molar refractivity (Wildman–Crippen MR) is 64.6 cm³/mol. The van der Waals surface area contributed by atoms with Crippen LogP contribution < -0.4 is 5.73 Å². The lowest BCUT2D eigenvalue weighted by molar-refractivity contribution is 0.821. The molecule has 0 saturated carbocycles. The molecular weight excluding hydrogens is 236 g/mol. The number of rotatable bonds is 3. The summed E-state index contributed by atoms with van der Waals surface area (Å²) in [7, 11) is 0. The Bertz CT molecular complexity index is 536. The van der Waals surface area contributed by atoms with Crippen LogP contribution in [0.3, 0.4) is 0 Å². The van der Waals surface area contributed by atoms with Gasteiger partial charge < -0.3 is 5.73 Å². The summed E-state index contributed by atoms with van der Waals surface area (Å²) >= 11 is 1.38. The lowest BCUT2D eigenvalue weighted by Gasteiger charge is -2.08. The van der Waals surface area contributed by atoms with Crippen molar-refractivity contribution in [2.75, 3.05) is 0 Å². The van der Waals surface area contributed by atoms with Crippen molar-refractivity contribution in [1.82, 2.24) is 25.4 Å². The molecule has 0 aliphatic rings. The molecule has 0 spiro atoms. The van der Waals surface area contributed by atoms with E-state index in [1.807, 2.05) is 20.8 Å². The molecule has 2 rings (SSSR count). The highest BCUT2D eigenvalue weighted by Gasteiger charge is 2.13. The van der Waals surface area contributed by atoms with Gasteiger partial charge in [-0.2, -0.15) is 5.10 Å². The Morgan fingerprint density at radius 3 is 2.59 bits per heavy atom. The fourth-order valence-corrected chi connectivity index (χ4v) is 2.30. The fraction of sp³-hybridized carbons (Fsp3) is 0.400. The summed E-state index contributed by atoms with van der Waals surface area (Å²) in [6.07, 6.45) is 0. The third kappa shape index (κ3) is 2.45. The first-order valence-electron chi connectivity index (χ1n) is 5.21. The molecule has 0 amide bonds. The largest absolute Gasteiger partial charge is 0.326 e. The Labute approximate surface area is 103 Å². The molecule has 2 aromatic heterocycles. The molecule has 0 saturated heterocycles. The Morgan fingerprint density at radius 2 is 2.00 bits per heavy atom. The van der Waals surface area contributed by atoms with Gasteiger partial charge in [-0.15, -0.1) is 10.2 Å². The number of hydrogen-bond donors (Lipinski definition) is 2. The molecule has 0 bridgehead atoms. The first-order valence-corrected chi connectivity index (χ1v) is 6.03. The zero-order valence-corrected chi connectivity index (χ0v) is 10.8. The molecular formula is C10H14N6S. The Balaban J connectivity index is 2.36. The van der Waals surface area contributed by atoms with Crippen molar-refractivity contribution in [3.05, 3.63) is 22.6 Å². The van der Waals surface area contributed by atoms with Crippen LogP contribution in [0.5, 0.6) is 0 Å². The van der Waals surface area contributed by atoms with E-state index in [-0.39, 0.29) is 0 Å². The van der Waals surface area contributed by atoms with Gasteiger partial charge in [0.25, 0.3) is 0 Å². The van der Waals surface area contributed by atoms with Gasteiger partial charge in [-0.05, 0) is 38.1 Å². The molecule has 0 aliphatic heterocycles. The fourth-order valence-electron chi connectivity index (χ4n) is 1.41. The normalized spacial score (nSPS) is 10.8. The minimum atomic E-state index is 0.438. The minimum absolute atomic E-state index is 0.438. The van der Waals surface area contributed by atoms with Gasteiger partial charge >= 0.3 is 0 Å². The van der Waals surface area contributed by atoms with Gasteiger partial charge in [0.1, 0.15) is 10.9 Å². The number of H-pyrrole nitrogens is 1. The Kier molecular flexibility index (Phi) is 3.39. The average molecular weight is 250 g/mol. The molecule has 6 nitrogen and oxygen atoms in total. The predicted octanol–water partition coefficient (Wildman–Crippen LogP) is 1.13. The summed E-state index contributed by atoms with van der Waals surface area (Å²) < 4.78 is 0. The second kappa shape index (κ2) is 4.80. The van der Waals surface area contributed by atoms with Crippen LogP contribution in [0.15, 0.2) is 10.2 Å². The molecule has 0 unspecified atom stereocenters. The zero-order valence-electron chi connectivity index (χ0n) is 9.98. The van der Waals surface area contributed by atoms with Crippen LogP contribution >= 0.6 is 11.8 Å². The second-order valence-corrected chi connectivity index (χ2v) is 4.66. The summed E-state index contributed by atoms with van der Waals surface area (Å²) in [4.78, 5) is 4.22. The van der Waals surface area contributed by atoms with E-state index >= 15 is 0 Å². The van der Waals surface area contributed by atoms with Crippen LogP contribution in [0, 0.1) is 20.8 Å². The highest BCUT2D eigenvalue weighted by Crippen LogP contribution is 2.27. The number of nitrogens with zero attached hydrogens (tertiary/aromatic N) is 4. The smallest absolute Gasteiger partial charge is 0.214 e. The molecule has 0 atom stereocenters. The summed E-state index contributed by atoms with van der Waals surface area (Å²) in [5, 5.41) is 16.5. The van der Waals surface area contributed by atoms with E-state index in [4.69, 9.17) is 5.73 Å². The molecule has 3 N–H and O–H groups in total. The molecule has 7 heteroatoms. The van der Waals surface area contributed by atoms with Gasteiger partial charge in [0.05, 0.1) is 5.69 Å². The van der Waals surface area contributed by atoms with Crippen molar-refractivity contribution < 1.29 is 0 Å². The van der Waals surface area contributed by atoms with E-state index in [0.29, 0.717) is 11.7 Å². The maximum Gasteiger partial charge on any atom is 0.214 e. The summed E-state index contributed by atoms with van der Waals surface area (Å²) in [6.45, 7) is 6.22. The number of aromatic amines is 1. The van der Waals surface area contributed by atoms with Crippen molar-refractivity contribution in [1.29, 1.82) is 0 Å². The van der Waals surface area contributed by atoms with Gasteiger partial charge in [0.2, 0.25) is 5.16 Å². The molecule has 2 aromatic rings. The van der Waals surface area contributed by atoms with Crippen molar-refractivity contribution >= 4 is 11.8 Å². The number of aryl methyl sites for hydroxylation is 2. The van der Waals surface area contributed by atoms with Crippen LogP contribution in [-0.2, 0) is 6.54 Å². The Hall–Kier alpha value is -1.47. The molecule has 0 fully saturated rings. The highest BCUT2D eigenvalue weighted by molar-refractivity contribution is 7.99. The van der Waals surface area contributed by atoms with Gasteiger partial charge in [0.15, 0.2) is 0 Å². The summed E-state index contributed by atoms with van der Waals surface area (Å²) in [5.74, 6) is 0.776. The molecule has 90 valence electrons. The lowest BCUT2D eigenvalue weighted by atomic mass is 10.1. The van der Waals surface area contributed by atoms with Crippen molar-refractivity contribution in [3.63, 3.8) is 0 Å². The van der Waals surface area contributed by atoms with E-state index in [2.05, 4.69) is 25.4 Å². The Morgan fingerprint density at radius 1 is 1.24 bits per heavy atom. The van der Waals surface area contributed by atoms with Gasteiger partial charge in [-0.25, -0.2) is 4.98 Å². The van der Waals surface area contributed by atoms with Crippen LogP contribution in [-0.4, -0.2) is 25.4 Å². The number of nitrogens with one attached hydrogen (secondary N) is 1. The first kappa shape index (κ1) is 12.0. The quantitative estimate of drug-likeness (QED) is 0.848. The van der Waals surface area contributed by atoms with Gasteiger partial charge in [-0.3, -0.25) is 5.10 Å². The minimum Gasteiger partial charge on any atom is -0.326 e. The van der Waals surface area contributed by atoms with Crippen molar-refractivity contribution in [3.8, 4) is 0 Å². The average Bonchev–Trinajstić information content (AvgIpc) is 2.70. The number of hydrogen-bond acceptors (Lipinski definition) is 6. The van der Waals surface area contributed by atoms with E-state index in [0.717, 1.165) is 27.7 Å². The highest BCUT2D eigenvalue weighted by atomic mass is 32.2. The maximum absolute atomic E-state index is 5.75. The lowest BCUT2D eigenvalue weighted by Crippen LogP contribution is -2.07. The number of aromatic nitrogens is 5. The summed E-state index contributed by atoms with van der Waals surface area (Å²) in [5.41, 5.74) is 8.74. The standard InChI is InChI=1S/C10H14N6S/c1-5-6(2)13-15-9(8(5)4-11)17-10-12-7(3)14-16-10/h4,11H2,1-3H3,(H,12,14,16). The van der Waals surface area contributed by atoms with E-state index < -0.39 is 0 Å². The monoisotopic (exact) mass is 250 g/mol. The molecule has 0 radical (unpaired) electrons. The molecule has 17 heavy (non-hydrogen) atoms. The summed E-state index contributed by atoms with van der Waals surface area (Å²) in [6, 6.07) is 0. The first-order chi connectivity index (χ1) is 8.11. The maximum atomic E-state index is 5.75. The van der Waals surface area contributed by atoms with Gasteiger partial charge in [-0.1, -0.05) is 0 Å². The van der Waals surface area contributed by atoms with Crippen molar-refractivity contribution in [2.24, 2.45) is 5.73 Å². The number of nitrogens with two attached hydrogens (primary N) is 1. The second-order valence-electron chi connectivity index (χ2n) is 3.70. The zero-order chi connectivity index (χ0) is 12.4. The topological polar surface area (TPSA) is 93.4 Å². The van der Waals surface area contributed by atoms with Crippen LogP contribution in [0.2, 0.25) is 0 Å². The van der Waals surface area contributed by atoms with E-state index in [1.165, 1.54) is 11.8 Å². The molecule has 2 heterocycles. The van der Waals surface area contributed by atoms with Crippen LogP contribution in [0.4, 0.5) is 0 Å². The van der Waals surface area contributed by atoms with E-state index in [9.17, 15) is 0 Å². The molecule has 0 aromatic carbocycles. The molecule has 0 aliphatic carbocycles. The van der Waals surface area contributed by atoms with Crippen molar-refractivity contribution in [2.45, 2.75) is 37.5 Å². The van der Waals surface area contributed by atoms with Crippen LogP contribution in [0.1, 0.15) is 22.6 Å². The van der Waals surface area contributed by atoms with E-state index in [1.54, 1.807) is 0 Å². The SMILES string of the molecule is Cc1nc(Sc2nnc(C)c(C)c2CN)n[nH]1. The van der Waals surface area contributed by atoms with Gasteiger partial charge in [0, 0.05) is 12.1 Å². The van der Waals surface area contributed by atoms with Crippen LogP contribution in [0.25, 0.3) is 0 Å². The third-order valence-electron chi connectivity index (χ3n) is 2.51. The third-order valence-corrected chi connectivity index (χ3v) is 3.40.